The molecule has 1 aromatic rings. The average molecular weight is 251 g/mol. The van der Waals surface area contributed by atoms with Gasteiger partial charge in [0.05, 0.1) is 26.2 Å². The maximum absolute atomic E-state index is 11.3. The van der Waals surface area contributed by atoms with Crippen LogP contribution in [0.15, 0.2) is 30.3 Å². The number of nitrogens with one attached hydrogen (secondary N) is 1. The summed E-state index contributed by atoms with van der Waals surface area (Å²) in [5.41, 5.74) is 1.02. The zero-order chi connectivity index (χ0) is 13.4. The first-order valence-electron chi connectivity index (χ1n) is 6.19. The molecule has 0 bridgehead atoms. The first-order chi connectivity index (χ1) is 8.71. The van der Waals surface area contributed by atoms with Crippen LogP contribution in [-0.4, -0.2) is 30.8 Å². The topological polar surface area (TPSA) is 58.6 Å². The van der Waals surface area contributed by atoms with Crippen LogP contribution in [0.3, 0.4) is 0 Å². The van der Waals surface area contributed by atoms with Gasteiger partial charge in [-0.2, -0.15) is 0 Å². The van der Waals surface area contributed by atoms with Crippen molar-refractivity contribution in [2.45, 2.75) is 31.8 Å². The van der Waals surface area contributed by atoms with Crippen LogP contribution in [-0.2, 0) is 9.53 Å². The molecule has 2 atom stereocenters. The molecule has 4 heteroatoms. The van der Waals surface area contributed by atoms with Gasteiger partial charge in [0.2, 0.25) is 0 Å². The lowest BCUT2D eigenvalue weighted by Gasteiger charge is -2.23. The number of esters is 1. The van der Waals surface area contributed by atoms with Gasteiger partial charge in [-0.05, 0) is 12.0 Å². The monoisotopic (exact) mass is 251 g/mol. The van der Waals surface area contributed by atoms with Crippen molar-refractivity contribution in [3.8, 4) is 0 Å². The van der Waals surface area contributed by atoms with Crippen LogP contribution in [0, 0.1) is 0 Å². The van der Waals surface area contributed by atoms with Crippen molar-refractivity contribution in [3.63, 3.8) is 0 Å². The fourth-order valence-corrected chi connectivity index (χ4v) is 1.83. The number of carbonyl (C=O) groups excluding carboxylic acids is 1. The molecule has 18 heavy (non-hydrogen) atoms. The van der Waals surface area contributed by atoms with E-state index in [0.717, 1.165) is 12.0 Å². The van der Waals surface area contributed by atoms with E-state index in [1.165, 1.54) is 7.11 Å². The van der Waals surface area contributed by atoms with Crippen LogP contribution in [0.1, 0.15) is 31.4 Å². The Kier molecular flexibility index (Phi) is 6.39. The van der Waals surface area contributed by atoms with Crippen LogP contribution in [0.4, 0.5) is 0 Å². The quantitative estimate of drug-likeness (QED) is 0.723. The molecular weight excluding hydrogens is 230 g/mol. The molecular formula is C14H21NO3. The lowest BCUT2D eigenvalue weighted by molar-refractivity contribution is -0.141. The molecule has 1 aromatic carbocycles. The third kappa shape index (κ3) is 4.47. The standard InChI is InChI=1S/C14H21NO3/c1-3-12(9-14(17)18-2)15-13(10-16)11-7-5-4-6-8-11/h4-8,12-13,15-16H,3,9-10H2,1-2H3/t12?,13-/m1/s1. The summed E-state index contributed by atoms with van der Waals surface area (Å²) in [5.74, 6) is -0.237. The molecule has 0 saturated carbocycles. The number of hydrogen-bond acceptors (Lipinski definition) is 4. The summed E-state index contributed by atoms with van der Waals surface area (Å²) in [5, 5.41) is 12.7. The minimum absolute atomic E-state index is 0.00167. The zero-order valence-corrected chi connectivity index (χ0v) is 10.9. The fourth-order valence-electron chi connectivity index (χ4n) is 1.83. The Hall–Kier alpha value is -1.39. The predicted octanol–water partition coefficient (Wildman–Crippen LogP) is 1.65. The van der Waals surface area contributed by atoms with E-state index < -0.39 is 0 Å². The molecule has 0 saturated heterocycles. The molecule has 1 unspecified atom stereocenters. The van der Waals surface area contributed by atoms with Crippen molar-refractivity contribution < 1.29 is 14.6 Å². The summed E-state index contributed by atoms with van der Waals surface area (Å²) in [6.45, 7) is 2.00. The molecule has 0 aliphatic rings. The van der Waals surface area contributed by atoms with Crippen LogP contribution in [0.5, 0.6) is 0 Å². The van der Waals surface area contributed by atoms with Crippen molar-refractivity contribution in [3.05, 3.63) is 35.9 Å². The number of benzene rings is 1. The summed E-state index contributed by atoms with van der Waals surface area (Å²) in [7, 11) is 1.38. The van der Waals surface area contributed by atoms with E-state index >= 15 is 0 Å². The molecule has 2 N–H and O–H groups in total. The van der Waals surface area contributed by atoms with Crippen molar-refractivity contribution in [1.82, 2.24) is 5.32 Å². The Balaban J connectivity index is 2.63. The van der Waals surface area contributed by atoms with Crippen LogP contribution in [0.25, 0.3) is 0 Å². The Morgan fingerprint density at radius 2 is 2.06 bits per heavy atom. The first-order valence-corrected chi connectivity index (χ1v) is 6.19. The highest BCUT2D eigenvalue weighted by atomic mass is 16.5. The molecule has 0 aliphatic heterocycles. The zero-order valence-electron chi connectivity index (χ0n) is 10.9. The van der Waals surface area contributed by atoms with E-state index in [2.05, 4.69) is 10.1 Å². The van der Waals surface area contributed by atoms with E-state index in [0.29, 0.717) is 6.42 Å². The lowest BCUT2D eigenvalue weighted by Crippen LogP contribution is -2.36. The van der Waals surface area contributed by atoms with Crippen molar-refractivity contribution in [1.29, 1.82) is 0 Å². The number of aliphatic hydroxyl groups excluding tert-OH is 1. The van der Waals surface area contributed by atoms with Crippen LogP contribution >= 0.6 is 0 Å². The van der Waals surface area contributed by atoms with Gasteiger partial charge < -0.3 is 15.2 Å². The summed E-state index contributed by atoms with van der Waals surface area (Å²) in [6, 6.07) is 9.57. The lowest BCUT2D eigenvalue weighted by atomic mass is 10.0. The predicted molar refractivity (Wildman–Crippen MR) is 70.1 cm³/mol. The Bertz CT molecular complexity index is 353. The van der Waals surface area contributed by atoms with E-state index in [4.69, 9.17) is 0 Å². The van der Waals surface area contributed by atoms with E-state index in [1.54, 1.807) is 0 Å². The first kappa shape index (κ1) is 14.7. The Morgan fingerprint density at radius 1 is 1.39 bits per heavy atom. The Morgan fingerprint density at radius 3 is 2.56 bits per heavy atom. The van der Waals surface area contributed by atoms with Crippen molar-refractivity contribution >= 4 is 5.97 Å². The van der Waals surface area contributed by atoms with Gasteiger partial charge in [-0.1, -0.05) is 37.3 Å². The van der Waals surface area contributed by atoms with Crippen molar-refractivity contribution in [2.75, 3.05) is 13.7 Å². The van der Waals surface area contributed by atoms with Gasteiger partial charge in [-0.15, -0.1) is 0 Å². The number of rotatable bonds is 7. The molecule has 1 rings (SSSR count). The van der Waals surface area contributed by atoms with Crippen molar-refractivity contribution in [2.24, 2.45) is 0 Å². The molecule has 100 valence electrons. The average Bonchev–Trinajstić information content (AvgIpc) is 2.43. The van der Waals surface area contributed by atoms with Gasteiger partial charge in [-0.3, -0.25) is 4.79 Å². The molecule has 0 heterocycles. The number of hydrogen-bond donors (Lipinski definition) is 2. The second-order valence-corrected chi connectivity index (χ2v) is 4.20. The number of methoxy groups -OCH3 is 1. The van der Waals surface area contributed by atoms with E-state index in [-0.39, 0.29) is 24.7 Å². The van der Waals surface area contributed by atoms with E-state index in [9.17, 15) is 9.90 Å². The maximum Gasteiger partial charge on any atom is 0.307 e. The van der Waals surface area contributed by atoms with Gasteiger partial charge in [0.25, 0.3) is 0 Å². The summed E-state index contributed by atoms with van der Waals surface area (Å²) in [4.78, 5) is 11.3. The third-order valence-corrected chi connectivity index (χ3v) is 2.95. The molecule has 0 aliphatic carbocycles. The molecule has 0 fully saturated rings. The summed E-state index contributed by atoms with van der Waals surface area (Å²) in [6.07, 6.45) is 1.12. The maximum atomic E-state index is 11.3. The minimum Gasteiger partial charge on any atom is -0.469 e. The second kappa shape index (κ2) is 7.84. The fraction of sp³-hybridized carbons (Fsp3) is 0.500. The highest BCUT2D eigenvalue weighted by molar-refractivity contribution is 5.69. The number of aliphatic hydroxyl groups is 1. The van der Waals surface area contributed by atoms with Crippen LogP contribution < -0.4 is 5.32 Å². The van der Waals surface area contributed by atoms with Gasteiger partial charge in [0.15, 0.2) is 0 Å². The summed E-state index contributed by atoms with van der Waals surface area (Å²) < 4.78 is 4.66. The van der Waals surface area contributed by atoms with Gasteiger partial charge >= 0.3 is 5.97 Å². The van der Waals surface area contributed by atoms with Gasteiger partial charge in [0, 0.05) is 6.04 Å². The molecule has 0 radical (unpaired) electrons. The second-order valence-electron chi connectivity index (χ2n) is 4.20. The minimum atomic E-state index is -0.237. The van der Waals surface area contributed by atoms with E-state index in [1.807, 2.05) is 37.3 Å². The highest BCUT2D eigenvalue weighted by Crippen LogP contribution is 2.14. The smallest absolute Gasteiger partial charge is 0.307 e. The summed E-state index contributed by atoms with van der Waals surface area (Å²) >= 11 is 0. The molecule has 4 nitrogen and oxygen atoms in total. The number of ether oxygens (including phenoxy) is 1. The third-order valence-electron chi connectivity index (χ3n) is 2.95. The largest absolute Gasteiger partial charge is 0.469 e. The molecule has 0 spiro atoms. The van der Waals surface area contributed by atoms with Gasteiger partial charge in [-0.25, -0.2) is 0 Å². The molecule has 0 amide bonds. The Labute approximate surface area is 108 Å². The number of carbonyl (C=O) groups is 1. The molecule has 0 aromatic heterocycles. The van der Waals surface area contributed by atoms with Crippen LogP contribution in [0.2, 0.25) is 0 Å². The van der Waals surface area contributed by atoms with Gasteiger partial charge in [0.1, 0.15) is 0 Å². The highest BCUT2D eigenvalue weighted by Gasteiger charge is 2.17. The normalized spacial score (nSPS) is 13.9. The SMILES string of the molecule is CCC(CC(=O)OC)N[C@H](CO)c1ccccc1.